The van der Waals surface area contributed by atoms with E-state index in [1.165, 1.54) is 0 Å². The van der Waals surface area contributed by atoms with Crippen molar-refractivity contribution in [1.29, 1.82) is 5.26 Å². The van der Waals surface area contributed by atoms with Crippen molar-refractivity contribution in [3.05, 3.63) is 29.3 Å². The molecule has 0 aromatic heterocycles. The van der Waals surface area contributed by atoms with Crippen LogP contribution in [0.3, 0.4) is 0 Å². The molecule has 0 fully saturated rings. The van der Waals surface area contributed by atoms with Crippen molar-refractivity contribution in [2.75, 3.05) is 25.5 Å². The molecular weight excluding hydrogens is 226 g/mol. The third kappa shape index (κ3) is 4.19. The zero-order valence-corrected chi connectivity index (χ0v) is 11.2. The molecule has 0 bridgehead atoms. The first-order valence-electron chi connectivity index (χ1n) is 6.09. The number of amides is 1. The van der Waals surface area contributed by atoms with Gasteiger partial charge < -0.3 is 10.2 Å². The molecule has 4 heteroatoms. The van der Waals surface area contributed by atoms with Crippen LogP contribution in [0.4, 0.5) is 5.69 Å². The first-order chi connectivity index (χ1) is 8.54. The lowest BCUT2D eigenvalue weighted by molar-refractivity contribution is -0.870. The van der Waals surface area contributed by atoms with Crippen LogP contribution in [-0.4, -0.2) is 26.0 Å². The number of aryl methyl sites for hydroxylation is 2. The summed E-state index contributed by atoms with van der Waals surface area (Å²) in [7, 11) is 1.92. The van der Waals surface area contributed by atoms with Gasteiger partial charge >= 0.3 is 0 Å². The Bertz CT molecular complexity index is 442. The molecule has 1 aromatic rings. The number of para-hydroxylation sites is 1. The Balaban J connectivity index is 2.57. The van der Waals surface area contributed by atoms with Crippen LogP contribution in [0.2, 0.25) is 0 Å². The molecule has 0 aliphatic heterocycles. The lowest BCUT2D eigenvalue weighted by Crippen LogP contribution is -3.10. The van der Waals surface area contributed by atoms with Crippen LogP contribution in [0.25, 0.3) is 0 Å². The van der Waals surface area contributed by atoms with Crippen LogP contribution in [-0.2, 0) is 4.79 Å². The van der Waals surface area contributed by atoms with E-state index in [2.05, 4.69) is 11.4 Å². The van der Waals surface area contributed by atoms with Gasteiger partial charge in [0.15, 0.2) is 6.54 Å². The van der Waals surface area contributed by atoms with E-state index in [1.807, 2.05) is 39.1 Å². The Morgan fingerprint density at radius 3 is 2.56 bits per heavy atom. The van der Waals surface area contributed by atoms with E-state index < -0.39 is 0 Å². The highest BCUT2D eigenvalue weighted by atomic mass is 16.2. The van der Waals surface area contributed by atoms with Crippen molar-refractivity contribution in [2.24, 2.45) is 0 Å². The number of nitrogens with one attached hydrogen (secondary N) is 2. The van der Waals surface area contributed by atoms with Gasteiger partial charge in [0.25, 0.3) is 5.91 Å². The Morgan fingerprint density at radius 1 is 1.39 bits per heavy atom. The molecule has 0 heterocycles. The number of carbonyl (C=O) groups excluding carboxylic acids is 1. The highest BCUT2D eigenvalue weighted by molar-refractivity contribution is 5.93. The van der Waals surface area contributed by atoms with Gasteiger partial charge in [-0.3, -0.25) is 4.79 Å². The van der Waals surface area contributed by atoms with E-state index in [9.17, 15) is 4.79 Å². The summed E-state index contributed by atoms with van der Waals surface area (Å²) in [4.78, 5) is 12.9. The first kappa shape index (κ1) is 14.2. The second-order valence-electron chi connectivity index (χ2n) is 4.61. The van der Waals surface area contributed by atoms with Gasteiger partial charge in [-0.05, 0) is 25.0 Å². The van der Waals surface area contributed by atoms with Crippen molar-refractivity contribution in [3.8, 4) is 6.07 Å². The summed E-state index contributed by atoms with van der Waals surface area (Å²) in [6.07, 6.45) is 0.475. The number of nitrogens with zero attached hydrogens (tertiary/aromatic N) is 1. The van der Waals surface area contributed by atoms with E-state index >= 15 is 0 Å². The Hall–Kier alpha value is -1.86. The number of anilines is 1. The Kier molecular flexibility index (Phi) is 5.34. The number of hydrogen-bond donors (Lipinski definition) is 2. The number of rotatable bonds is 5. The van der Waals surface area contributed by atoms with Crippen LogP contribution in [0, 0.1) is 25.2 Å². The first-order valence-corrected chi connectivity index (χ1v) is 6.09. The topological polar surface area (TPSA) is 57.3 Å². The summed E-state index contributed by atoms with van der Waals surface area (Å²) in [6.45, 7) is 5.04. The third-order valence-electron chi connectivity index (χ3n) is 2.87. The maximum absolute atomic E-state index is 11.9. The molecule has 0 aliphatic carbocycles. The lowest BCUT2D eigenvalue weighted by atomic mass is 10.1. The molecule has 1 atom stereocenters. The van der Waals surface area contributed by atoms with Gasteiger partial charge in [-0.2, -0.15) is 5.26 Å². The maximum atomic E-state index is 11.9. The smallest absolute Gasteiger partial charge is 0.279 e. The number of likely N-dealkylation sites (N-methyl/N-ethyl adjacent to an activating group) is 1. The number of hydrogen-bond acceptors (Lipinski definition) is 2. The fourth-order valence-electron chi connectivity index (χ4n) is 1.83. The standard InChI is InChI=1S/C14H19N3O/c1-11-6-4-7-12(2)14(11)16-13(18)10-17(3)9-5-8-15/h4,6-7H,5,9-10H2,1-3H3,(H,16,18)/p+1. The van der Waals surface area contributed by atoms with Gasteiger partial charge in [0.2, 0.25) is 0 Å². The van der Waals surface area contributed by atoms with Gasteiger partial charge in [-0.1, -0.05) is 18.2 Å². The zero-order chi connectivity index (χ0) is 13.5. The van der Waals surface area contributed by atoms with Gasteiger partial charge in [0.05, 0.1) is 26.1 Å². The molecule has 1 amide bonds. The average molecular weight is 246 g/mol. The highest BCUT2D eigenvalue weighted by Crippen LogP contribution is 2.18. The largest absolute Gasteiger partial charge is 0.329 e. The summed E-state index contributed by atoms with van der Waals surface area (Å²) in [5.74, 6) is -0.0113. The number of benzene rings is 1. The Morgan fingerprint density at radius 2 is 2.00 bits per heavy atom. The third-order valence-corrected chi connectivity index (χ3v) is 2.87. The fraction of sp³-hybridized carbons (Fsp3) is 0.429. The highest BCUT2D eigenvalue weighted by Gasteiger charge is 2.11. The number of quaternary nitrogens is 1. The SMILES string of the molecule is Cc1cccc(C)c1NC(=O)C[NH+](C)CCC#N. The summed E-state index contributed by atoms with van der Waals surface area (Å²) in [6, 6.07) is 8.03. The predicted octanol–water partition coefficient (Wildman–Crippen LogP) is 0.670. The Labute approximate surface area is 108 Å². The molecule has 4 nitrogen and oxygen atoms in total. The van der Waals surface area contributed by atoms with Gasteiger partial charge in [0.1, 0.15) is 0 Å². The molecule has 18 heavy (non-hydrogen) atoms. The number of nitriles is 1. The quantitative estimate of drug-likeness (QED) is 0.802. The second kappa shape index (κ2) is 6.77. The van der Waals surface area contributed by atoms with Crippen LogP contribution in [0.5, 0.6) is 0 Å². The minimum atomic E-state index is -0.0113. The molecule has 96 valence electrons. The summed E-state index contributed by atoms with van der Waals surface area (Å²) in [5.41, 5.74) is 3.03. The van der Waals surface area contributed by atoms with Crippen LogP contribution >= 0.6 is 0 Å². The van der Waals surface area contributed by atoms with Gasteiger partial charge in [-0.15, -0.1) is 0 Å². The van der Waals surface area contributed by atoms with Crippen molar-refractivity contribution in [2.45, 2.75) is 20.3 Å². The van der Waals surface area contributed by atoms with E-state index in [-0.39, 0.29) is 5.91 Å². The monoisotopic (exact) mass is 246 g/mol. The molecule has 0 aliphatic rings. The molecule has 0 spiro atoms. The summed E-state index contributed by atoms with van der Waals surface area (Å²) in [5, 5.41) is 11.4. The van der Waals surface area contributed by atoms with Gasteiger partial charge in [0, 0.05) is 5.69 Å². The molecule has 2 N–H and O–H groups in total. The maximum Gasteiger partial charge on any atom is 0.279 e. The molecule has 0 saturated heterocycles. The summed E-state index contributed by atoms with van der Waals surface area (Å²) >= 11 is 0. The predicted molar refractivity (Wildman–Crippen MR) is 71.4 cm³/mol. The van der Waals surface area contributed by atoms with Crippen LogP contribution < -0.4 is 10.2 Å². The second-order valence-corrected chi connectivity index (χ2v) is 4.61. The lowest BCUT2D eigenvalue weighted by Gasteiger charge is -2.14. The van der Waals surface area contributed by atoms with Crippen molar-refractivity contribution >= 4 is 11.6 Å². The molecule has 1 rings (SSSR count). The molecule has 1 unspecified atom stereocenters. The number of carbonyl (C=O) groups is 1. The zero-order valence-electron chi connectivity index (χ0n) is 11.2. The van der Waals surface area contributed by atoms with Crippen molar-refractivity contribution in [3.63, 3.8) is 0 Å². The normalized spacial score (nSPS) is 11.7. The molecule has 0 radical (unpaired) electrons. The van der Waals surface area contributed by atoms with E-state index in [0.717, 1.165) is 21.7 Å². The average Bonchev–Trinajstić information content (AvgIpc) is 2.31. The van der Waals surface area contributed by atoms with E-state index in [4.69, 9.17) is 5.26 Å². The molecule has 0 saturated carbocycles. The van der Waals surface area contributed by atoms with Gasteiger partial charge in [-0.25, -0.2) is 0 Å². The van der Waals surface area contributed by atoms with Crippen molar-refractivity contribution < 1.29 is 9.69 Å². The van der Waals surface area contributed by atoms with Crippen molar-refractivity contribution in [1.82, 2.24) is 0 Å². The molecule has 1 aromatic carbocycles. The van der Waals surface area contributed by atoms with E-state index in [1.54, 1.807) is 0 Å². The van der Waals surface area contributed by atoms with Crippen LogP contribution in [0.15, 0.2) is 18.2 Å². The van der Waals surface area contributed by atoms with Crippen LogP contribution in [0.1, 0.15) is 17.5 Å². The summed E-state index contributed by atoms with van der Waals surface area (Å²) < 4.78 is 0. The minimum absolute atomic E-state index is 0.0113. The fourth-order valence-corrected chi connectivity index (χ4v) is 1.83. The minimum Gasteiger partial charge on any atom is -0.329 e. The van der Waals surface area contributed by atoms with E-state index in [0.29, 0.717) is 19.5 Å². The molecular formula is C14H20N3O+.